The number of rotatable bonds is 4. The normalized spacial score (nSPS) is 12.0. The molecular weight excluding hydrogens is 274 g/mol. The minimum absolute atomic E-state index is 0.426. The largest absolute Gasteiger partial charge is 0.477 e. The highest BCUT2D eigenvalue weighted by Gasteiger charge is 2.44. The number of benzene rings is 1. The third-order valence-corrected chi connectivity index (χ3v) is 2.23. The van der Waals surface area contributed by atoms with Crippen molar-refractivity contribution < 1.29 is 32.3 Å². The van der Waals surface area contributed by atoms with Crippen LogP contribution < -0.4 is 0 Å². The van der Waals surface area contributed by atoms with E-state index in [-0.39, 0.29) is 0 Å². The van der Waals surface area contributed by atoms with E-state index in [9.17, 15) is 32.1 Å². The average Bonchev–Trinajstić information content (AvgIpc) is 2.37. The highest BCUT2D eigenvalue weighted by molar-refractivity contribution is 5.85. The zero-order valence-corrected chi connectivity index (χ0v) is 8.94. The lowest BCUT2D eigenvalue weighted by Crippen LogP contribution is -2.26. The van der Waals surface area contributed by atoms with Crippen molar-refractivity contribution in [1.82, 2.24) is 0 Å². The predicted molar refractivity (Wildman–Crippen MR) is 52.7 cm³/mol. The Kier molecular flexibility index (Phi) is 3.68. The van der Waals surface area contributed by atoms with Gasteiger partial charge < -0.3 is 5.11 Å². The first-order valence-corrected chi connectivity index (χ1v) is 4.62. The molecular formula is C10H5F4NO4. The number of aliphatic carboxylic acids is 1. The van der Waals surface area contributed by atoms with E-state index in [4.69, 9.17) is 5.11 Å². The van der Waals surface area contributed by atoms with Crippen LogP contribution in [0.4, 0.5) is 17.6 Å². The minimum Gasteiger partial charge on any atom is -0.477 e. The van der Waals surface area contributed by atoms with E-state index in [1.165, 1.54) is 0 Å². The van der Waals surface area contributed by atoms with Gasteiger partial charge in [-0.1, -0.05) is 24.3 Å². The van der Waals surface area contributed by atoms with Gasteiger partial charge in [-0.15, -0.1) is 4.91 Å². The number of alkyl halides is 4. The average molecular weight is 279 g/mol. The molecule has 1 amide bonds. The molecule has 9 heteroatoms. The number of nitrogens with zero attached hydrogens (tertiary/aromatic N) is 1. The second-order valence-electron chi connectivity index (χ2n) is 3.43. The number of carbonyl (C=O) groups is 2. The Balaban J connectivity index is 3.17. The maximum absolute atomic E-state index is 13.2. The first kappa shape index (κ1) is 14.7. The molecule has 0 aliphatic heterocycles. The van der Waals surface area contributed by atoms with Gasteiger partial charge in [0.1, 0.15) is 0 Å². The fourth-order valence-corrected chi connectivity index (χ4v) is 1.19. The van der Waals surface area contributed by atoms with Gasteiger partial charge in [0, 0.05) is 16.3 Å². The number of hydrogen-bond acceptors (Lipinski definition) is 3. The van der Waals surface area contributed by atoms with Gasteiger partial charge in [-0.25, -0.2) is 4.79 Å². The zero-order chi connectivity index (χ0) is 14.8. The van der Waals surface area contributed by atoms with Gasteiger partial charge in [-0.2, -0.15) is 17.6 Å². The Hall–Kier alpha value is -2.32. The number of carboxylic acids is 1. The van der Waals surface area contributed by atoms with Crippen LogP contribution in [0, 0.1) is 4.91 Å². The van der Waals surface area contributed by atoms with Crippen molar-refractivity contribution in [3.8, 4) is 0 Å². The number of amides is 1. The van der Waals surface area contributed by atoms with Crippen LogP contribution in [-0.2, 0) is 21.4 Å². The molecule has 1 rings (SSSR count). The summed E-state index contributed by atoms with van der Waals surface area (Å²) in [6.45, 7) is 0. The molecule has 0 radical (unpaired) electrons. The third kappa shape index (κ3) is 2.59. The molecule has 0 fully saturated rings. The molecule has 0 heterocycles. The summed E-state index contributed by atoms with van der Waals surface area (Å²) in [5.41, 5.74) is -2.08. The Bertz CT molecular complexity index is 527. The monoisotopic (exact) mass is 279 g/mol. The summed E-state index contributed by atoms with van der Waals surface area (Å²) >= 11 is 0. The summed E-state index contributed by atoms with van der Waals surface area (Å²) in [7, 11) is 0. The van der Waals surface area contributed by atoms with Crippen LogP contribution >= 0.6 is 0 Å². The first-order valence-electron chi connectivity index (χ1n) is 4.62. The van der Waals surface area contributed by atoms with E-state index < -0.39 is 34.8 Å². The maximum atomic E-state index is 13.2. The molecule has 0 spiro atoms. The van der Waals surface area contributed by atoms with Crippen molar-refractivity contribution >= 4 is 11.9 Å². The van der Waals surface area contributed by atoms with E-state index in [2.05, 4.69) is 0 Å². The maximum Gasteiger partial charge on any atom is 0.379 e. The fraction of sp³-hybridized carbons (Fsp3) is 0.200. The van der Waals surface area contributed by atoms with Gasteiger partial charge in [0.15, 0.2) is 0 Å². The van der Waals surface area contributed by atoms with Crippen LogP contribution in [0.2, 0.25) is 0 Å². The molecule has 0 aliphatic rings. The summed E-state index contributed by atoms with van der Waals surface area (Å²) in [5.74, 6) is -13.2. The van der Waals surface area contributed by atoms with Crippen LogP contribution in [-0.4, -0.2) is 17.0 Å². The van der Waals surface area contributed by atoms with E-state index in [0.717, 1.165) is 0 Å². The zero-order valence-electron chi connectivity index (χ0n) is 8.94. The van der Waals surface area contributed by atoms with Crippen molar-refractivity contribution in [3.63, 3.8) is 0 Å². The Morgan fingerprint density at radius 1 is 0.947 bits per heavy atom. The Labute approximate surface area is 102 Å². The van der Waals surface area contributed by atoms with Gasteiger partial charge in [-0.3, -0.25) is 4.79 Å². The Morgan fingerprint density at radius 3 is 1.63 bits per heavy atom. The summed E-state index contributed by atoms with van der Waals surface area (Å²) in [4.78, 5) is 30.6. The van der Waals surface area contributed by atoms with Crippen LogP contribution in [0.25, 0.3) is 0 Å². The third-order valence-electron chi connectivity index (χ3n) is 2.23. The molecule has 0 bridgehead atoms. The molecule has 0 saturated carbocycles. The Morgan fingerprint density at radius 2 is 1.32 bits per heavy atom. The quantitative estimate of drug-likeness (QED) is 0.676. The molecule has 0 aliphatic carbocycles. The second kappa shape index (κ2) is 4.75. The van der Waals surface area contributed by atoms with Crippen molar-refractivity contribution in [2.24, 2.45) is 5.18 Å². The van der Waals surface area contributed by atoms with Crippen LogP contribution in [0.15, 0.2) is 29.4 Å². The van der Waals surface area contributed by atoms with Crippen molar-refractivity contribution in [1.29, 1.82) is 0 Å². The molecule has 19 heavy (non-hydrogen) atoms. The highest BCUT2D eigenvalue weighted by Crippen LogP contribution is 2.33. The van der Waals surface area contributed by atoms with Gasteiger partial charge in [-0.05, 0) is 0 Å². The molecule has 0 unspecified atom stereocenters. The van der Waals surface area contributed by atoms with E-state index in [1.807, 2.05) is 0 Å². The lowest BCUT2D eigenvalue weighted by Gasteiger charge is -2.14. The molecule has 0 aromatic heterocycles. The van der Waals surface area contributed by atoms with Crippen LogP contribution in [0.1, 0.15) is 11.1 Å². The fourth-order valence-electron chi connectivity index (χ4n) is 1.19. The molecule has 102 valence electrons. The van der Waals surface area contributed by atoms with Crippen molar-refractivity contribution in [2.45, 2.75) is 11.8 Å². The van der Waals surface area contributed by atoms with E-state index in [1.54, 1.807) is 5.18 Å². The molecule has 1 aromatic rings. The molecule has 1 N–H and O–H groups in total. The highest BCUT2D eigenvalue weighted by atomic mass is 19.3. The molecule has 0 atom stereocenters. The lowest BCUT2D eigenvalue weighted by molar-refractivity contribution is -0.166. The van der Waals surface area contributed by atoms with Crippen molar-refractivity contribution in [2.75, 3.05) is 0 Å². The smallest absolute Gasteiger partial charge is 0.379 e. The lowest BCUT2D eigenvalue weighted by atomic mass is 10.0. The van der Waals surface area contributed by atoms with Crippen LogP contribution in [0.5, 0.6) is 0 Å². The number of carboxylic acid groups (broad SMARTS) is 1. The number of halogens is 4. The molecule has 0 saturated heterocycles. The second-order valence-corrected chi connectivity index (χ2v) is 3.43. The van der Waals surface area contributed by atoms with Crippen molar-refractivity contribution in [3.05, 3.63) is 40.3 Å². The van der Waals surface area contributed by atoms with Gasteiger partial charge >= 0.3 is 23.7 Å². The van der Waals surface area contributed by atoms with Crippen LogP contribution in [0.3, 0.4) is 0 Å². The van der Waals surface area contributed by atoms with Gasteiger partial charge in [0.05, 0.1) is 0 Å². The number of nitroso groups, excluding NO2 is 1. The standard InChI is InChI=1S/C10H5F4NO4/c11-9(12,7(16)15-19)5-1-3-6(4-2-5)10(13,14)8(17)18/h1-4H,(H,17,18). The first-order chi connectivity index (χ1) is 8.64. The summed E-state index contributed by atoms with van der Waals surface area (Å²) in [6.07, 6.45) is 0. The number of carbonyl (C=O) groups excluding carboxylic acids is 1. The summed E-state index contributed by atoms with van der Waals surface area (Å²) < 4.78 is 52.4. The van der Waals surface area contributed by atoms with Gasteiger partial charge in [0.2, 0.25) is 0 Å². The van der Waals surface area contributed by atoms with E-state index in [0.29, 0.717) is 24.3 Å². The minimum atomic E-state index is -4.25. The predicted octanol–water partition coefficient (Wildman–Crippen LogP) is 2.25. The SMILES string of the molecule is O=NC(=O)C(F)(F)c1ccc(C(F)(F)C(=O)O)cc1. The van der Waals surface area contributed by atoms with Gasteiger partial charge in [0.25, 0.3) is 0 Å². The molecule has 1 aromatic carbocycles. The molecule has 5 nitrogen and oxygen atoms in total. The van der Waals surface area contributed by atoms with E-state index >= 15 is 0 Å². The number of hydrogen-bond donors (Lipinski definition) is 1. The topological polar surface area (TPSA) is 83.8 Å². The summed E-state index contributed by atoms with van der Waals surface area (Å²) in [6, 6.07) is 1.70. The summed E-state index contributed by atoms with van der Waals surface area (Å²) in [5, 5.41) is 9.80.